The molecule has 42 heavy (non-hydrogen) atoms. The lowest BCUT2D eigenvalue weighted by Gasteiger charge is -2.22. The largest absolute Gasteiger partial charge is 0.487 e. The number of pyridine rings is 1. The van der Waals surface area contributed by atoms with Gasteiger partial charge >= 0.3 is 0 Å². The molecule has 0 bridgehead atoms. The molecule has 1 aromatic heterocycles. The van der Waals surface area contributed by atoms with Crippen molar-refractivity contribution >= 4 is 51.2 Å². The van der Waals surface area contributed by atoms with Crippen LogP contribution in [0.4, 0.5) is 21.5 Å². The van der Waals surface area contributed by atoms with Gasteiger partial charge in [-0.05, 0) is 67.6 Å². The quantitative estimate of drug-likeness (QED) is 0.158. The lowest BCUT2D eigenvalue weighted by atomic mass is 10.0. The van der Waals surface area contributed by atoms with E-state index in [4.69, 9.17) is 27.9 Å². The van der Waals surface area contributed by atoms with Crippen LogP contribution in [0.15, 0.2) is 72.7 Å². The van der Waals surface area contributed by atoms with Crippen molar-refractivity contribution < 1.29 is 10.5 Å². The van der Waals surface area contributed by atoms with E-state index < -0.39 is 11.8 Å². The minimum absolute atomic E-state index is 0.107. The van der Waals surface area contributed by atoms with Gasteiger partial charge in [0.15, 0.2) is 5.75 Å². The second-order valence-corrected chi connectivity index (χ2v) is 11.3. The van der Waals surface area contributed by atoms with E-state index in [9.17, 15) is 11.0 Å². The molecule has 0 saturated heterocycles. The van der Waals surface area contributed by atoms with Gasteiger partial charge in [-0.1, -0.05) is 41.4 Å². The zero-order valence-corrected chi connectivity index (χ0v) is 23.7. The fourth-order valence-electron chi connectivity index (χ4n) is 4.83. The number of hydrazine groups is 2. The Morgan fingerprint density at radius 2 is 1.93 bits per heavy atom. The number of aromatic nitrogens is 1. The van der Waals surface area contributed by atoms with Crippen LogP contribution in [0.1, 0.15) is 44.2 Å². The van der Waals surface area contributed by atoms with Crippen LogP contribution in [-0.4, -0.2) is 22.1 Å². The van der Waals surface area contributed by atoms with Gasteiger partial charge in [-0.3, -0.25) is 9.99 Å². The number of nitrogens with zero attached hydrogens (tertiary/aromatic N) is 3. The molecule has 8 nitrogen and oxygen atoms in total. The maximum Gasteiger partial charge on any atom is 0.161 e. The summed E-state index contributed by atoms with van der Waals surface area (Å²) in [4.78, 5) is 4.46. The van der Waals surface area contributed by atoms with Gasteiger partial charge in [-0.15, -0.1) is 5.53 Å². The number of halogens is 3. The molecule has 2 saturated carbocycles. The smallest absolute Gasteiger partial charge is 0.161 e. The van der Waals surface area contributed by atoms with Gasteiger partial charge in [0.2, 0.25) is 0 Å². The van der Waals surface area contributed by atoms with Crippen LogP contribution in [0.5, 0.6) is 5.75 Å². The van der Waals surface area contributed by atoms with E-state index in [1.807, 2.05) is 17.3 Å². The first-order valence-electron chi connectivity index (χ1n) is 14.1. The number of hydrogen-bond acceptors (Lipinski definition) is 8. The van der Waals surface area contributed by atoms with Crippen molar-refractivity contribution in [1.82, 2.24) is 21.0 Å². The maximum atomic E-state index is 13.9. The minimum Gasteiger partial charge on any atom is -0.487 e. The summed E-state index contributed by atoms with van der Waals surface area (Å²) in [6.07, 6.45) is 7.45. The Kier molecular flexibility index (Phi) is 6.60. The summed E-state index contributed by atoms with van der Waals surface area (Å²) in [5.41, 5.74) is 9.58. The molecule has 0 radical (unpaired) electrons. The van der Waals surface area contributed by atoms with E-state index in [-0.39, 0.29) is 11.7 Å². The highest BCUT2D eigenvalue weighted by molar-refractivity contribution is 6.36. The van der Waals surface area contributed by atoms with Crippen LogP contribution in [0.3, 0.4) is 0 Å². The highest BCUT2D eigenvalue weighted by Gasteiger charge is 2.32. The summed E-state index contributed by atoms with van der Waals surface area (Å²) in [6.45, 7) is 0. The Balaban J connectivity index is 1.32. The normalized spacial score (nSPS) is 18.0. The first kappa shape index (κ1) is 25.5. The molecule has 4 aromatic rings. The third kappa shape index (κ3) is 5.37. The van der Waals surface area contributed by atoms with Gasteiger partial charge in [-0.2, -0.15) is 5.26 Å². The standard InChI is InChI=1S/C31H26Cl2FN7O/c32-24-2-1-3-26(31(24)42-22-10-11-22)38-28-18(14-35)15-36-30-23(28)12-20(13-25(30)33)37-29(17-4-6-19(34)7-5-17)27-16-41(40-39-27)21-8-9-21/h1-7,12-13,15-16,21-22,29,37,39-40H,8-11H2,(H,36,38)/i29D. The van der Waals surface area contributed by atoms with Gasteiger partial charge in [0.05, 0.1) is 51.7 Å². The van der Waals surface area contributed by atoms with Gasteiger partial charge in [-0.25, -0.2) is 4.39 Å². The molecule has 0 amide bonds. The molecule has 2 fully saturated rings. The number of rotatable bonds is 9. The molecule has 212 valence electrons. The number of anilines is 3. The third-order valence-corrected chi connectivity index (χ3v) is 7.87. The molecular weight excluding hydrogens is 576 g/mol. The molecule has 7 rings (SSSR count). The zero-order valence-electron chi connectivity index (χ0n) is 23.2. The van der Waals surface area contributed by atoms with Gasteiger partial charge < -0.3 is 20.8 Å². The molecule has 4 N–H and O–H groups in total. The van der Waals surface area contributed by atoms with Crippen molar-refractivity contribution in [2.45, 2.75) is 43.8 Å². The second kappa shape index (κ2) is 10.9. The minimum atomic E-state index is -1.56. The van der Waals surface area contributed by atoms with Crippen molar-refractivity contribution in [3.8, 4) is 11.8 Å². The first-order chi connectivity index (χ1) is 20.8. The summed E-state index contributed by atoms with van der Waals surface area (Å²) in [6, 6.07) is 15.7. The Hall–Kier alpha value is -4.23. The molecule has 11 heteroatoms. The highest BCUT2D eigenvalue weighted by atomic mass is 35.5. The predicted molar refractivity (Wildman–Crippen MR) is 162 cm³/mol. The van der Waals surface area contributed by atoms with Crippen molar-refractivity contribution in [3.63, 3.8) is 0 Å². The van der Waals surface area contributed by atoms with Crippen molar-refractivity contribution in [1.29, 1.82) is 5.26 Å². The number of ether oxygens (including phenoxy) is 1. The van der Waals surface area contributed by atoms with Gasteiger partial charge in [0, 0.05) is 29.5 Å². The Morgan fingerprint density at radius 1 is 1.12 bits per heavy atom. The van der Waals surface area contributed by atoms with Crippen LogP contribution >= 0.6 is 23.2 Å². The van der Waals surface area contributed by atoms with Crippen LogP contribution in [0, 0.1) is 17.1 Å². The van der Waals surface area contributed by atoms with E-state index in [1.54, 1.807) is 36.4 Å². The third-order valence-electron chi connectivity index (χ3n) is 7.28. The number of para-hydroxylation sites is 1. The van der Waals surface area contributed by atoms with Crippen molar-refractivity contribution in [2.75, 3.05) is 10.6 Å². The monoisotopic (exact) mass is 602 g/mol. The zero-order chi connectivity index (χ0) is 29.7. The van der Waals surface area contributed by atoms with E-state index in [2.05, 4.69) is 32.6 Å². The summed E-state index contributed by atoms with van der Waals surface area (Å²) < 4.78 is 29.6. The fraction of sp³-hybridized carbons (Fsp3) is 0.226. The molecule has 3 aliphatic rings. The first-order valence-corrected chi connectivity index (χ1v) is 14.4. The van der Waals surface area contributed by atoms with Crippen LogP contribution in [0.2, 0.25) is 10.0 Å². The van der Waals surface area contributed by atoms with E-state index in [0.717, 1.165) is 25.7 Å². The van der Waals surface area contributed by atoms with E-state index >= 15 is 0 Å². The number of nitriles is 1. The van der Waals surface area contributed by atoms with Crippen LogP contribution in [0.25, 0.3) is 10.9 Å². The van der Waals surface area contributed by atoms with Crippen LogP contribution < -0.4 is 26.3 Å². The number of hydrogen-bond donors (Lipinski definition) is 4. The van der Waals surface area contributed by atoms with Crippen molar-refractivity contribution in [3.05, 3.63) is 99.7 Å². The molecule has 1 atom stereocenters. The summed E-state index contributed by atoms with van der Waals surface area (Å²) in [5.74, 6) is 0.108. The predicted octanol–water partition coefficient (Wildman–Crippen LogP) is 7.32. The molecule has 1 aliphatic heterocycles. The highest BCUT2D eigenvalue weighted by Crippen LogP contribution is 2.42. The number of fused-ring (bicyclic) bond motifs is 1. The maximum absolute atomic E-state index is 13.9. The SMILES string of the molecule is [2H]C(Nc1cc(Cl)c2ncc(C#N)c(Nc3cccc(Cl)c3OC3CC3)c2c1)(C1=CN(C2CC2)NN1)c1ccc(F)cc1. The van der Waals surface area contributed by atoms with Gasteiger partial charge in [0.1, 0.15) is 11.9 Å². The van der Waals surface area contributed by atoms with Gasteiger partial charge in [0.25, 0.3) is 0 Å². The summed E-state index contributed by atoms with van der Waals surface area (Å²) in [5, 5.41) is 20.0. The summed E-state index contributed by atoms with van der Waals surface area (Å²) >= 11 is 13.3. The Labute approximate surface area is 253 Å². The average molecular weight is 604 g/mol. The molecule has 2 aliphatic carbocycles. The molecule has 1 unspecified atom stereocenters. The second-order valence-electron chi connectivity index (χ2n) is 10.5. The summed E-state index contributed by atoms with van der Waals surface area (Å²) in [7, 11) is 0. The fourth-order valence-corrected chi connectivity index (χ4v) is 5.31. The van der Waals surface area contributed by atoms with Crippen LogP contribution in [-0.2, 0) is 0 Å². The van der Waals surface area contributed by atoms with Crippen molar-refractivity contribution in [2.24, 2.45) is 0 Å². The molecule has 0 spiro atoms. The Morgan fingerprint density at radius 3 is 2.67 bits per heavy atom. The average Bonchev–Trinajstić information content (AvgIpc) is 3.94. The molecular formula is C31H26Cl2FN7O. The lowest BCUT2D eigenvalue weighted by Crippen LogP contribution is -2.38. The molecule has 2 heterocycles. The topological polar surface area (TPSA) is 97.3 Å². The number of nitrogens with one attached hydrogen (secondary N) is 4. The Bertz CT molecular complexity index is 1810. The lowest BCUT2D eigenvalue weighted by molar-refractivity contribution is 0.260. The number of benzene rings is 3. The molecule has 3 aromatic carbocycles. The van der Waals surface area contributed by atoms with E-state index in [0.29, 0.717) is 61.1 Å². The van der Waals surface area contributed by atoms with E-state index in [1.165, 1.54) is 18.3 Å².